The molecule has 1 aromatic carbocycles. The Morgan fingerprint density at radius 3 is 2.42 bits per heavy atom. The summed E-state index contributed by atoms with van der Waals surface area (Å²) in [4.78, 5) is 25.8. The zero-order chi connectivity index (χ0) is 18.2. The SMILES string of the molecule is Cc1c(NC(=O)c2cc(F)c(F)cc2Cl)c(C(=O)N(C)C)nn1C. The Morgan fingerprint density at radius 1 is 1.25 bits per heavy atom. The van der Waals surface area contributed by atoms with Gasteiger partial charge in [0.25, 0.3) is 11.8 Å². The molecule has 1 N–H and O–H groups in total. The number of amides is 2. The third-order valence-corrected chi connectivity index (χ3v) is 3.75. The third-order valence-electron chi connectivity index (χ3n) is 3.44. The largest absolute Gasteiger partial charge is 0.343 e. The highest BCUT2D eigenvalue weighted by Gasteiger charge is 2.24. The van der Waals surface area contributed by atoms with Gasteiger partial charge in [-0.25, -0.2) is 8.78 Å². The lowest BCUT2D eigenvalue weighted by molar-refractivity contribution is 0.0822. The van der Waals surface area contributed by atoms with E-state index in [-0.39, 0.29) is 22.0 Å². The maximum Gasteiger partial charge on any atom is 0.276 e. The van der Waals surface area contributed by atoms with Crippen LogP contribution in [-0.2, 0) is 7.05 Å². The maximum atomic E-state index is 13.4. The van der Waals surface area contributed by atoms with Crippen LogP contribution in [0, 0.1) is 18.6 Å². The maximum absolute atomic E-state index is 13.4. The number of hydrogen-bond donors (Lipinski definition) is 1. The molecular weight excluding hydrogens is 342 g/mol. The molecule has 2 rings (SSSR count). The van der Waals surface area contributed by atoms with Crippen molar-refractivity contribution < 1.29 is 18.4 Å². The van der Waals surface area contributed by atoms with E-state index in [0.29, 0.717) is 17.8 Å². The Bertz CT molecular complexity index is 833. The molecule has 128 valence electrons. The quantitative estimate of drug-likeness (QED) is 0.860. The van der Waals surface area contributed by atoms with Crippen LogP contribution in [0.1, 0.15) is 26.5 Å². The van der Waals surface area contributed by atoms with Gasteiger partial charge in [-0.2, -0.15) is 5.10 Å². The molecule has 1 heterocycles. The van der Waals surface area contributed by atoms with Crippen molar-refractivity contribution in [2.45, 2.75) is 6.92 Å². The van der Waals surface area contributed by atoms with Crippen LogP contribution in [-0.4, -0.2) is 40.6 Å². The predicted octanol–water partition coefficient (Wildman–Crippen LogP) is 2.61. The Morgan fingerprint density at radius 2 is 1.83 bits per heavy atom. The van der Waals surface area contributed by atoms with Gasteiger partial charge in [-0.05, 0) is 19.1 Å². The van der Waals surface area contributed by atoms with Crippen LogP contribution >= 0.6 is 11.6 Å². The van der Waals surface area contributed by atoms with E-state index in [1.807, 2.05) is 0 Å². The molecule has 0 unspecified atom stereocenters. The molecule has 0 aliphatic rings. The molecule has 0 spiro atoms. The van der Waals surface area contributed by atoms with Gasteiger partial charge in [0.15, 0.2) is 17.3 Å². The average Bonchev–Trinajstić information content (AvgIpc) is 2.78. The van der Waals surface area contributed by atoms with E-state index in [1.165, 1.54) is 9.58 Å². The molecule has 0 saturated heterocycles. The van der Waals surface area contributed by atoms with E-state index < -0.39 is 23.4 Å². The summed E-state index contributed by atoms with van der Waals surface area (Å²) in [5.74, 6) is -3.54. The Kier molecular flexibility index (Phi) is 4.88. The summed E-state index contributed by atoms with van der Waals surface area (Å²) in [6.45, 7) is 1.65. The highest BCUT2D eigenvalue weighted by Crippen LogP contribution is 2.25. The smallest absolute Gasteiger partial charge is 0.276 e. The summed E-state index contributed by atoms with van der Waals surface area (Å²) in [5.41, 5.74) is 0.489. The van der Waals surface area contributed by atoms with E-state index in [4.69, 9.17) is 11.6 Å². The number of carbonyl (C=O) groups is 2. The van der Waals surface area contributed by atoms with Gasteiger partial charge in [0.05, 0.1) is 22.0 Å². The van der Waals surface area contributed by atoms with Gasteiger partial charge in [-0.1, -0.05) is 11.6 Å². The molecule has 0 radical (unpaired) electrons. The summed E-state index contributed by atoms with van der Waals surface area (Å²) in [6.07, 6.45) is 0. The van der Waals surface area contributed by atoms with Crippen LogP contribution in [0.25, 0.3) is 0 Å². The molecule has 2 amide bonds. The summed E-state index contributed by atoms with van der Waals surface area (Å²) in [5, 5.41) is 6.33. The van der Waals surface area contributed by atoms with Gasteiger partial charge < -0.3 is 10.2 Å². The second-order valence-electron chi connectivity index (χ2n) is 5.33. The van der Waals surface area contributed by atoms with Crippen molar-refractivity contribution in [3.63, 3.8) is 0 Å². The molecule has 0 fully saturated rings. The van der Waals surface area contributed by atoms with Crippen LogP contribution < -0.4 is 5.32 Å². The Balaban J connectivity index is 2.43. The van der Waals surface area contributed by atoms with Crippen LogP contribution in [0.4, 0.5) is 14.5 Å². The van der Waals surface area contributed by atoms with E-state index in [1.54, 1.807) is 28.1 Å². The number of nitrogens with zero attached hydrogens (tertiary/aromatic N) is 3. The van der Waals surface area contributed by atoms with E-state index >= 15 is 0 Å². The van der Waals surface area contributed by atoms with E-state index in [2.05, 4.69) is 10.4 Å². The zero-order valence-corrected chi connectivity index (χ0v) is 14.2. The summed E-state index contributed by atoms with van der Waals surface area (Å²) < 4.78 is 27.9. The minimum Gasteiger partial charge on any atom is -0.343 e. The first-order valence-corrected chi connectivity index (χ1v) is 7.22. The van der Waals surface area contributed by atoms with Gasteiger partial charge in [-0.3, -0.25) is 14.3 Å². The zero-order valence-electron chi connectivity index (χ0n) is 13.4. The van der Waals surface area contributed by atoms with Crippen LogP contribution in [0.5, 0.6) is 0 Å². The fourth-order valence-electron chi connectivity index (χ4n) is 2.00. The first-order chi connectivity index (χ1) is 11.1. The molecule has 1 aromatic heterocycles. The number of benzene rings is 1. The van der Waals surface area contributed by atoms with Gasteiger partial charge in [-0.15, -0.1) is 0 Å². The number of aryl methyl sites for hydroxylation is 1. The predicted molar refractivity (Wildman–Crippen MR) is 85.3 cm³/mol. The molecule has 2 aromatic rings. The van der Waals surface area contributed by atoms with Crippen molar-refractivity contribution in [1.29, 1.82) is 0 Å². The van der Waals surface area contributed by atoms with Crippen LogP contribution in [0.2, 0.25) is 5.02 Å². The standard InChI is InChI=1S/C15H15ClF2N4O2/c1-7-12(13(20-22(7)4)15(24)21(2)3)19-14(23)8-5-10(17)11(18)6-9(8)16/h5-6H,1-4H3,(H,19,23). The first-order valence-electron chi connectivity index (χ1n) is 6.84. The lowest BCUT2D eigenvalue weighted by Gasteiger charge is -2.11. The van der Waals surface area contributed by atoms with Crippen molar-refractivity contribution in [1.82, 2.24) is 14.7 Å². The van der Waals surface area contributed by atoms with Crippen LogP contribution in [0.3, 0.4) is 0 Å². The normalized spacial score (nSPS) is 10.6. The molecule has 0 atom stereocenters. The van der Waals surface area contributed by atoms with Gasteiger partial charge in [0.1, 0.15) is 0 Å². The van der Waals surface area contributed by atoms with Crippen molar-refractivity contribution >= 4 is 29.1 Å². The van der Waals surface area contributed by atoms with Crippen molar-refractivity contribution in [2.24, 2.45) is 7.05 Å². The highest BCUT2D eigenvalue weighted by molar-refractivity contribution is 6.34. The number of anilines is 1. The van der Waals surface area contributed by atoms with Gasteiger partial charge in [0.2, 0.25) is 0 Å². The lowest BCUT2D eigenvalue weighted by Crippen LogP contribution is -2.24. The second-order valence-corrected chi connectivity index (χ2v) is 5.74. The van der Waals surface area contributed by atoms with Gasteiger partial charge >= 0.3 is 0 Å². The number of aromatic nitrogens is 2. The van der Waals surface area contributed by atoms with Crippen molar-refractivity contribution in [3.05, 3.63) is 45.7 Å². The Labute approximate surface area is 142 Å². The summed E-state index contributed by atoms with van der Waals surface area (Å²) in [6, 6.07) is 1.42. The highest BCUT2D eigenvalue weighted by atomic mass is 35.5. The Hall–Kier alpha value is -2.48. The molecule has 0 aliphatic carbocycles. The minimum absolute atomic E-state index is 0.0343. The third kappa shape index (κ3) is 3.23. The molecule has 0 saturated carbocycles. The molecule has 0 aliphatic heterocycles. The number of rotatable bonds is 3. The minimum atomic E-state index is -1.20. The number of halogens is 3. The number of hydrogen-bond acceptors (Lipinski definition) is 3. The summed E-state index contributed by atoms with van der Waals surface area (Å²) in [7, 11) is 4.70. The van der Waals surface area contributed by atoms with E-state index in [9.17, 15) is 18.4 Å². The second kappa shape index (κ2) is 6.56. The lowest BCUT2D eigenvalue weighted by atomic mass is 10.2. The van der Waals surface area contributed by atoms with Crippen LogP contribution in [0.15, 0.2) is 12.1 Å². The first kappa shape index (κ1) is 17.9. The fraction of sp³-hybridized carbons (Fsp3) is 0.267. The number of carbonyl (C=O) groups excluding carboxylic acids is 2. The monoisotopic (exact) mass is 356 g/mol. The molecule has 6 nitrogen and oxygen atoms in total. The van der Waals surface area contributed by atoms with E-state index in [0.717, 1.165) is 0 Å². The molecule has 24 heavy (non-hydrogen) atoms. The number of nitrogens with one attached hydrogen (secondary N) is 1. The summed E-state index contributed by atoms with van der Waals surface area (Å²) >= 11 is 5.80. The van der Waals surface area contributed by atoms with Crippen molar-refractivity contribution in [2.75, 3.05) is 19.4 Å². The van der Waals surface area contributed by atoms with Gasteiger partial charge in [0, 0.05) is 21.1 Å². The van der Waals surface area contributed by atoms with Crippen molar-refractivity contribution in [3.8, 4) is 0 Å². The average molecular weight is 357 g/mol. The molecule has 9 heteroatoms. The molecular formula is C15H15ClF2N4O2. The molecule has 0 bridgehead atoms. The topological polar surface area (TPSA) is 67.2 Å². The fourth-order valence-corrected chi connectivity index (χ4v) is 2.23.